The topological polar surface area (TPSA) is 29.1 Å². The van der Waals surface area contributed by atoms with Gasteiger partial charge in [-0.3, -0.25) is 4.79 Å². The summed E-state index contributed by atoms with van der Waals surface area (Å²) in [4.78, 5) is 11.5. The van der Waals surface area contributed by atoms with Crippen molar-refractivity contribution in [3.05, 3.63) is 0 Å². The zero-order chi connectivity index (χ0) is 12.3. The molecule has 0 atom stereocenters. The fraction of sp³-hybridized carbons (Fsp3) is 0.933. The van der Waals surface area contributed by atoms with Crippen molar-refractivity contribution in [1.82, 2.24) is 5.32 Å². The van der Waals surface area contributed by atoms with Crippen molar-refractivity contribution in [2.45, 2.75) is 77.6 Å². The van der Waals surface area contributed by atoms with Gasteiger partial charge in [0.1, 0.15) is 0 Å². The highest BCUT2D eigenvalue weighted by molar-refractivity contribution is 5.75. The number of carbonyl (C=O) groups is 1. The van der Waals surface area contributed by atoms with E-state index in [-0.39, 0.29) is 5.91 Å². The second-order valence-corrected chi connectivity index (χ2v) is 5.45. The van der Waals surface area contributed by atoms with Crippen LogP contribution in [0.4, 0.5) is 0 Å². The Morgan fingerprint density at radius 3 is 2.35 bits per heavy atom. The summed E-state index contributed by atoms with van der Waals surface area (Å²) in [6.07, 6.45) is 13.7. The number of carbonyl (C=O) groups excluding carboxylic acids is 1. The fourth-order valence-corrected chi connectivity index (χ4v) is 2.15. The molecule has 1 rings (SSSR count). The lowest BCUT2D eigenvalue weighted by Crippen LogP contribution is -2.24. The zero-order valence-electron chi connectivity index (χ0n) is 11.5. The van der Waals surface area contributed by atoms with Gasteiger partial charge in [-0.25, -0.2) is 0 Å². The standard InChI is InChI=1S/C15H29NO/c1-2-3-4-5-6-7-8-9-15(17)16-13-12-14-10-11-14/h14H,2-13H2,1H3,(H,16,17). The molecule has 1 saturated carbocycles. The van der Waals surface area contributed by atoms with E-state index < -0.39 is 0 Å². The highest BCUT2D eigenvalue weighted by Gasteiger charge is 2.20. The molecule has 0 aromatic heterocycles. The smallest absolute Gasteiger partial charge is 0.219 e. The van der Waals surface area contributed by atoms with Crippen LogP contribution in [0.25, 0.3) is 0 Å². The van der Waals surface area contributed by atoms with Crippen LogP contribution in [0.5, 0.6) is 0 Å². The van der Waals surface area contributed by atoms with Gasteiger partial charge in [0, 0.05) is 13.0 Å². The molecule has 2 heteroatoms. The minimum Gasteiger partial charge on any atom is -0.356 e. The van der Waals surface area contributed by atoms with Crippen LogP contribution in [0.3, 0.4) is 0 Å². The highest BCUT2D eigenvalue weighted by Crippen LogP contribution is 2.31. The molecular weight excluding hydrogens is 210 g/mol. The van der Waals surface area contributed by atoms with E-state index in [0.29, 0.717) is 0 Å². The van der Waals surface area contributed by atoms with Gasteiger partial charge in [-0.05, 0) is 18.8 Å². The first-order valence-corrected chi connectivity index (χ1v) is 7.59. The molecule has 1 fully saturated rings. The summed E-state index contributed by atoms with van der Waals surface area (Å²) in [5.41, 5.74) is 0. The van der Waals surface area contributed by atoms with E-state index in [2.05, 4.69) is 12.2 Å². The number of nitrogens with one attached hydrogen (secondary N) is 1. The number of rotatable bonds is 11. The normalized spacial score (nSPS) is 14.9. The second-order valence-electron chi connectivity index (χ2n) is 5.45. The van der Waals surface area contributed by atoms with Gasteiger partial charge < -0.3 is 5.32 Å². The summed E-state index contributed by atoms with van der Waals surface area (Å²) >= 11 is 0. The first-order chi connectivity index (χ1) is 8.33. The maximum absolute atomic E-state index is 11.5. The van der Waals surface area contributed by atoms with Gasteiger partial charge >= 0.3 is 0 Å². The van der Waals surface area contributed by atoms with E-state index >= 15 is 0 Å². The van der Waals surface area contributed by atoms with E-state index in [4.69, 9.17) is 0 Å². The third-order valence-corrected chi connectivity index (χ3v) is 3.58. The lowest BCUT2D eigenvalue weighted by atomic mass is 10.1. The molecule has 0 radical (unpaired) electrons. The third kappa shape index (κ3) is 9.20. The van der Waals surface area contributed by atoms with Gasteiger partial charge in [0.15, 0.2) is 0 Å². The average molecular weight is 239 g/mol. The molecule has 2 nitrogen and oxygen atoms in total. The Morgan fingerprint density at radius 1 is 1.06 bits per heavy atom. The number of unbranched alkanes of at least 4 members (excludes halogenated alkanes) is 6. The van der Waals surface area contributed by atoms with Crippen LogP contribution < -0.4 is 5.32 Å². The Balaban J connectivity index is 1.76. The van der Waals surface area contributed by atoms with Crippen LogP contribution in [0.15, 0.2) is 0 Å². The number of hydrogen-bond donors (Lipinski definition) is 1. The Bertz CT molecular complexity index is 199. The summed E-state index contributed by atoms with van der Waals surface area (Å²) in [5.74, 6) is 1.19. The van der Waals surface area contributed by atoms with E-state index in [1.165, 1.54) is 57.8 Å². The Labute approximate surface area is 107 Å². The predicted octanol–water partition coefficient (Wildman–Crippen LogP) is 4.04. The zero-order valence-corrected chi connectivity index (χ0v) is 11.5. The van der Waals surface area contributed by atoms with Gasteiger partial charge in [-0.2, -0.15) is 0 Å². The average Bonchev–Trinajstić information content (AvgIpc) is 3.12. The van der Waals surface area contributed by atoms with Crippen molar-refractivity contribution >= 4 is 5.91 Å². The Morgan fingerprint density at radius 2 is 1.71 bits per heavy atom. The molecule has 0 aliphatic heterocycles. The molecule has 0 unspecified atom stereocenters. The van der Waals surface area contributed by atoms with Crippen LogP contribution in [-0.4, -0.2) is 12.5 Å². The molecule has 100 valence electrons. The molecule has 0 heterocycles. The van der Waals surface area contributed by atoms with E-state index in [0.717, 1.165) is 25.3 Å². The van der Waals surface area contributed by atoms with Gasteiger partial charge in [-0.15, -0.1) is 0 Å². The number of hydrogen-bond acceptors (Lipinski definition) is 1. The van der Waals surface area contributed by atoms with Crippen molar-refractivity contribution < 1.29 is 4.79 Å². The molecule has 1 N–H and O–H groups in total. The van der Waals surface area contributed by atoms with Crippen LogP contribution in [0.1, 0.15) is 77.6 Å². The van der Waals surface area contributed by atoms with Gasteiger partial charge in [-0.1, -0.05) is 58.3 Å². The SMILES string of the molecule is CCCCCCCCCC(=O)NCCC1CC1. The summed E-state index contributed by atoms with van der Waals surface area (Å²) < 4.78 is 0. The summed E-state index contributed by atoms with van der Waals surface area (Å²) in [6, 6.07) is 0. The molecular formula is C15H29NO. The largest absolute Gasteiger partial charge is 0.356 e. The van der Waals surface area contributed by atoms with Crippen molar-refractivity contribution in [1.29, 1.82) is 0 Å². The monoisotopic (exact) mass is 239 g/mol. The molecule has 0 bridgehead atoms. The molecule has 1 aliphatic carbocycles. The van der Waals surface area contributed by atoms with Crippen LogP contribution in [0, 0.1) is 5.92 Å². The molecule has 0 saturated heterocycles. The third-order valence-electron chi connectivity index (χ3n) is 3.58. The lowest BCUT2D eigenvalue weighted by molar-refractivity contribution is -0.121. The van der Waals surface area contributed by atoms with Gasteiger partial charge in [0.05, 0.1) is 0 Å². The summed E-state index contributed by atoms with van der Waals surface area (Å²) in [7, 11) is 0. The van der Waals surface area contributed by atoms with E-state index in [1.807, 2.05) is 0 Å². The Hall–Kier alpha value is -0.530. The van der Waals surface area contributed by atoms with Crippen LogP contribution in [0.2, 0.25) is 0 Å². The fourth-order valence-electron chi connectivity index (χ4n) is 2.15. The van der Waals surface area contributed by atoms with Crippen LogP contribution >= 0.6 is 0 Å². The minimum absolute atomic E-state index is 0.263. The maximum atomic E-state index is 11.5. The minimum atomic E-state index is 0.263. The van der Waals surface area contributed by atoms with Crippen molar-refractivity contribution in [3.8, 4) is 0 Å². The quantitative estimate of drug-likeness (QED) is 0.542. The Kier molecular flexibility index (Phi) is 8.12. The molecule has 0 spiro atoms. The first-order valence-electron chi connectivity index (χ1n) is 7.59. The highest BCUT2D eigenvalue weighted by atomic mass is 16.1. The van der Waals surface area contributed by atoms with Gasteiger partial charge in [0.2, 0.25) is 5.91 Å². The summed E-state index contributed by atoms with van der Waals surface area (Å²) in [6.45, 7) is 3.14. The summed E-state index contributed by atoms with van der Waals surface area (Å²) in [5, 5.41) is 3.03. The van der Waals surface area contributed by atoms with Crippen molar-refractivity contribution in [3.63, 3.8) is 0 Å². The molecule has 1 aliphatic rings. The molecule has 0 aromatic rings. The molecule has 0 aromatic carbocycles. The van der Waals surface area contributed by atoms with Gasteiger partial charge in [0.25, 0.3) is 0 Å². The second kappa shape index (κ2) is 9.49. The van der Waals surface area contributed by atoms with Crippen molar-refractivity contribution in [2.75, 3.05) is 6.54 Å². The molecule has 17 heavy (non-hydrogen) atoms. The first kappa shape index (κ1) is 14.5. The van der Waals surface area contributed by atoms with Crippen molar-refractivity contribution in [2.24, 2.45) is 5.92 Å². The molecule has 1 amide bonds. The van der Waals surface area contributed by atoms with E-state index in [1.54, 1.807) is 0 Å². The number of amides is 1. The maximum Gasteiger partial charge on any atom is 0.219 e. The van der Waals surface area contributed by atoms with E-state index in [9.17, 15) is 4.79 Å². The lowest BCUT2D eigenvalue weighted by Gasteiger charge is -2.04. The predicted molar refractivity (Wildman–Crippen MR) is 73.0 cm³/mol. The van der Waals surface area contributed by atoms with Crippen LogP contribution in [-0.2, 0) is 4.79 Å².